The van der Waals surface area contributed by atoms with Crippen molar-refractivity contribution in [2.45, 2.75) is 30.4 Å². The lowest BCUT2D eigenvalue weighted by Gasteiger charge is -2.47. The largest absolute Gasteiger partial charge is 0.421 e. The molecular weight excluding hydrogens is 565 g/mol. The molecule has 2 aliphatic rings. The molecule has 0 aliphatic carbocycles. The molecule has 2 aliphatic heterocycles. The fourth-order valence-corrected chi connectivity index (χ4v) is 5.56. The van der Waals surface area contributed by atoms with E-state index in [1.165, 1.54) is 23.1 Å². The number of nitrogens with zero attached hydrogens (tertiary/aromatic N) is 1. The maximum atomic E-state index is 13.9. The molecule has 0 bridgehead atoms. The Kier molecular flexibility index (Phi) is 6.90. The first-order valence-electron chi connectivity index (χ1n) is 10.7. The van der Waals surface area contributed by atoms with Gasteiger partial charge in [-0.2, -0.15) is 13.2 Å². The molecule has 1 atom stereocenters. The highest BCUT2D eigenvalue weighted by Crippen LogP contribution is 2.46. The fourth-order valence-electron chi connectivity index (χ4n) is 4.44. The highest BCUT2D eigenvalue weighted by Gasteiger charge is 2.57. The molecule has 2 heterocycles. The number of sulfone groups is 1. The maximum absolute atomic E-state index is 13.9. The van der Waals surface area contributed by atoms with Gasteiger partial charge in [-0.3, -0.25) is 9.59 Å². The molecule has 0 unspecified atom stereocenters. The van der Waals surface area contributed by atoms with Gasteiger partial charge in [0.05, 0.1) is 36.2 Å². The van der Waals surface area contributed by atoms with Gasteiger partial charge in [-0.15, -0.1) is 0 Å². The van der Waals surface area contributed by atoms with Crippen molar-refractivity contribution < 1.29 is 45.4 Å². The number of ketones is 1. The summed E-state index contributed by atoms with van der Waals surface area (Å²) in [4.78, 5) is 26.3. The molecule has 0 saturated carbocycles. The molecule has 4 rings (SSSR count). The van der Waals surface area contributed by atoms with E-state index in [2.05, 4.69) is 0 Å². The minimum absolute atomic E-state index is 0.0112. The molecule has 1 spiro atoms. The monoisotopic (exact) mass is 583 g/mol. The SMILES string of the molecule is CS(=O)(=O)CC(=O)N1CC2(C1)OCc1cc(C(=O)C[C@](O)(c3cc(Cl)c(F)c(Cl)c3)C(F)(F)F)ccc12. The molecule has 2 aromatic carbocycles. The second-order valence-electron chi connectivity index (χ2n) is 9.19. The first-order valence-corrected chi connectivity index (χ1v) is 13.5. The molecule has 1 N–H and O–H groups in total. The molecule has 2 aromatic rings. The number of hydrogen-bond acceptors (Lipinski definition) is 6. The number of aliphatic hydroxyl groups is 1. The molecule has 14 heteroatoms. The molecular formula is C23H19Cl2F4NO6S. The van der Waals surface area contributed by atoms with Crippen molar-refractivity contribution >= 4 is 44.7 Å². The lowest BCUT2D eigenvalue weighted by atomic mass is 9.83. The Morgan fingerprint density at radius 2 is 1.73 bits per heavy atom. The van der Waals surface area contributed by atoms with Crippen LogP contribution in [0.2, 0.25) is 10.0 Å². The molecule has 1 saturated heterocycles. The van der Waals surface area contributed by atoms with E-state index in [0.717, 1.165) is 6.26 Å². The van der Waals surface area contributed by atoms with Crippen LogP contribution < -0.4 is 0 Å². The molecule has 0 aromatic heterocycles. The first kappa shape index (κ1) is 27.8. The number of Topliss-reactive ketones (excluding diaryl/α,β-unsaturated/α-hetero) is 1. The quantitative estimate of drug-likeness (QED) is 0.316. The minimum atomic E-state index is -5.33. The van der Waals surface area contributed by atoms with Gasteiger partial charge in [-0.1, -0.05) is 35.3 Å². The van der Waals surface area contributed by atoms with Gasteiger partial charge in [-0.05, 0) is 34.9 Å². The Hall–Kier alpha value is -2.25. The van der Waals surface area contributed by atoms with Gasteiger partial charge >= 0.3 is 6.18 Å². The van der Waals surface area contributed by atoms with Gasteiger partial charge in [0.1, 0.15) is 11.4 Å². The standard InChI is InChI=1S/C23H19Cl2F4NO6S/c1-37(34,35)9-19(32)30-10-21(11-30)15-3-2-12(4-13(15)8-36-21)18(31)7-22(33,23(27,28)29)14-5-16(24)20(26)17(25)6-14/h2-6,33H,7-11H2,1H3/t22-/m0/s1. The van der Waals surface area contributed by atoms with E-state index in [4.69, 9.17) is 27.9 Å². The van der Waals surface area contributed by atoms with E-state index in [-0.39, 0.29) is 25.3 Å². The van der Waals surface area contributed by atoms with Crippen molar-refractivity contribution in [3.05, 3.63) is 68.4 Å². The summed E-state index contributed by atoms with van der Waals surface area (Å²) < 4.78 is 84.1. The lowest BCUT2D eigenvalue weighted by Crippen LogP contribution is -2.62. The summed E-state index contributed by atoms with van der Waals surface area (Å²) in [5.74, 6) is -3.44. The van der Waals surface area contributed by atoms with Crippen LogP contribution in [0, 0.1) is 5.82 Å². The maximum Gasteiger partial charge on any atom is 0.421 e. The van der Waals surface area contributed by atoms with Crippen molar-refractivity contribution in [3.8, 4) is 0 Å². The Morgan fingerprint density at radius 3 is 2.27 bits per heavy atom. The average Bonchev–Trinajstić information content (AvgIpc) is 3.13. The van der Waals surface area contributed by atoms with Crippen LogP contribution in [0.15, 0.2) is 30.3 Å². The number of carbonyl (C=O) groups is 2. The third kappa shape index (κ3) is 5.09. The summed E-state index contributed by atoms with van der Waals surface area (Å²) in [5, 5.41) is 9.09. The first-order chi connectivity index (χ1) is 17.0. The van der Waals surface area contributed by atoms with E-state index >= 15 is 0 Å². The second kappa shape index (κ2) is 9.19. The average molecular weight is 584 g/mol. The Morgan fingerprint density at radius 1 is 1.14 bits per heavy atom. The summed E-state index contributed by atoms with van der Waals surface area (Å²) in [6.45, 7) is 0.181. The van der Waals surface area contributed by atoms with Crippen LogP contribution in [0.4, 0.5) is 17.6 Å². The number of likely N-dealkylation sites (tertiary alicyclic amines) is 1. The van der Waals surface area contributed by atoms with Crippen molar-refractivity contribution in [2.24, 2.45) is 0 Å². The summed E-state index contributed by atoms with van der Waals surface area (Å²) in [7, 11) is -3.51. The van der Waals surface area contributed by atoms with Crippen LogP contribution in [0.3, 0.4) is 0 Å². The molecule has 37 heavy (non-hydrogen) atoms. The molecule has 200 valence electrons. The summed E-state index contributed by atoms with van der Waals surface area (Å²) >= 11 is 11.2. The van der Waals surface area contributed by atoms with Crippen LogP contribution in [-0.4, -0.2) is 61.4 Å². The normalized spacial score (nSPS) is 18.3. The lowest BCUT2D eigenvalue weighted by molar-refractivity contribution is -0.264. The van der Waals surface area contributed by atoms with Crippen LogP contribution in [0.5, 0.6) is 0 Å². The van der Waals surface area contributed by atoms with Gasteiger partial charge in [0.2, 0.25) is 5.91 Å². The van der Waals surface area contributed by atoms with Crippen LogP contribution in [0.25, 0.3) is 0 Å². The Balaban J connectivity index is 1.56. The molecule has 7 nitrogen and oxygen atoms in total. The van der Waals surface area contributed by atoms with E-state index in [1.54, 1.807) is 0 Å². The number of hydrogen-bond donors (Lipinski definition) is 1. The zero-order chi connectivity index (χ0) is 27.6. The zero-order valence-corrected chi connectivity index (χ0v) is 21.4. The second-order valence-corrected chi connectivity index (χ2v) is 12.1. The van der Waals surface area contributed by atoms with E-state index in [1.807, 2.05) is 0 Å². The highest BCUT2D eigenvalue weighted by molar-refractivity contribution is 7.91. The number of ether oxygens (including phenoxy) is 1. The van der Waals surface area contributed by atoms with Crippen LogP contribution in [-0.2, 0) is 37.2 Å². The van der Waals surface area contributed by atoms with Crippen molar-refractivity contribution in [1.29, 1.82) is 0 Å². The fraction of sp³-hybridized carbons (Fsp3) is 0.391. The number of halogens is 6. The van der Waals surface area contributed by atoms with Gasteiger partial charge in [-0.25, -0.2) is 12.8 Å². The van der Waals surface area contributed by atoms with E-state index in [0.29, 0.717) is 23.3 Å². The Labute approximate surface area is 218 Å². The number of carbonyl (C=O) groups excluding carboxylic acids is 2. The van der Waals surface area contributed by atoms with E-state index in [9.17, 15) is 40.7 Å². The minimum Gasteiger partial charge on any atom is -0.376 e. The summed E-state index contributed by atoms with van der Waals surface area (Å²) in [6, 6.07) is 5.25. The number of alkyl halides is 3. The van der Waals surface area contributed by atoms with Crippen molar-refractivity contribution in [1.82, 2.24) is 4.90 Å². The molecule has 1 fully saturated rings. The zero-order valence-electron chi connectivity index (χ0n) is 19.0. The number of amides is 1. The van der Waals surface area contributed by atoms with Crippen LogP contribution in [0.1, 0.15) is 33.5 Å². The summed E-state index contributed by atoms with van der Waals surface area (Å²) in [5.41, 5.74) is -4.50. The smallest absolute Gasteiger partial charge is 0.376 e. The predicted octanol–water partition coefficient (Wildman–Crippen LogP) is 3.77. The van der Waals surface area contributed by atoms with Gasteiger partial charge in [0, 0.05) is 11.8 Å². The Bertz CT molecular complexity index is 1390. The van der Waals surface area contributed by atoms with Crippen molar-refractivity contribution in [3.63, 3.8) is 0 Å². The van der Waals surface area contributed by atoms with Gasteiger partial charge in [0.15, 0.2) is 27.0 Å². The van der Waals surface area contributed by atoms with Gasteiger partial charge in [0.25, 0.3) is 0 Å². The number of rotatable bonds is 6. The highest BCUT2D eigenvalue weighted by atomic mass is 35.5. The molecule has 0 radical (unpaired) electrons. The summed E-state index contributed by atoms with van der Waals surface area (Å²) in [6.07, 6.45) is -5.81. The van der Waals surface area contributed by atoms with Gasteiger partial charge < -0.3 is 14.7 Å². The van der Waals surface area contributed by atoms with E-state index < -0.39 is 72.5 Å². The third-order valence-corrected chi connectivity index (χ3v) is 7.72. The predicted molar refractivity (Wildman–Crippen MR) is 125 cm³/mol. The topological polar surface area (TPSA) is 101 Å². The van der Waals surface area contributed by atoms with Crippen LogP contribution >= 0.6 is 23.2 Å². The number of fused-ring (bicyclic) bond motifs is 2. The number of benzene rings is 2. The van der Waals surface area contributed by atoms with Crippen molar-refractivity contribution in [2.75, 3.05) is 25.1 Å². The third-order valence-electron chi connectivity index (χ3n) is 6.40. The molecule has 1 amide bonds.